The van der Waals surface area contributed by atoms with Crippen molar-refractivity contribution in [1.82, 2.24) is 4.98 Å². The molecule has 0 saturated heterocycles. The SMILES string of the molecule is CCc1ccc(Nc2ccc(NS(=O)(=O)c3ccc(F)cc3C)nc2)cc1. The number of nitrogens with one attached hydrogen (secondary N) is 2. The summed E-state index contributed by atoms with van der Waals surface area (Å²) in [5.41, 5.74) is 3.24. The molecule has 0 unspecified atom stereocenters. The van der Waals surface area contributed by atoms with Crippen LogP contribution < -0.4 is 10.0 Å². The number of hydrogen-bond acceptors (Lipinski definition) is 4. The Morgan fingerprint density at radius 1 is 1.00 bits per heavy atom. The maximum Gasteiger partial charge on any atom is 0.263 e. The lowest BCUT2D eigenvalue weighted by molar-refractivity contribution is 0.598. The number of anilines is 3. The number of aryl methyl sites for hydroxylation is 2. The molecule has 27 heavy (non-hydrogen) atoms. The zero-order valence-corrected chi connectivity index (χ0v) is 15.8. The van der Waals surface area contributed by atoms with Gasteiger partial charge in [0.05, 0.1) is 16.8 Å². The Morgan fingerprint density at radius 3 is 2.30 bits per heavy atom. The van der Waals surface area contributed by atoms with Crippen LogP contribution in [0.4, 0.5) is 21.6 Å². The molecule has 5 nitrogen and oxygen atoms in total. The van der Waals surface area contributed by atoms with Crippen LogP contribution in [0.25, 0.3) is 0 Å². The van der Waals surface area contributed by atoms with E-state index in [1.807, 2.05) is 24.3 Å². The molecule has 2 aromatic carbocycles. The molecule has 0 bridgehead atoms. The molecule has 0 radical (unpaired) electrons. The molecule has 1 aromatic heterocycles. The third kappa shape index (κ3) is 4.62. The van der Waals surface area contributed by atoms with E-state index < -0.39 is 15.8 Å². The van der Waals surface area contributed by atoms with Crippen LogP contribution in [0.3, 0.4) is 0 Å². The second-order valence-electron chi connectivity index (χ2n) is 6.12. The van der Waals surface area contributed by atoms with E-state index in [0.29, 0.717) is 5.56 Å². The van der Waals surface area contributed by atoms with Crippen molar-refractivity contribution >= 4 is 27.2 Å². The molecule has 0 fully saturated rings. The minimum atomic E-state index is -3.84. The largest absolute Gasteiger partial charge is 0.354 e. The van der Waals surface area contributed by atoms with E-state index >= 15 is 0 Å². The number of pyridine rings is 1. The summed E-state index contributed by atoms with van der Waals surface area (Å²) in [6, 6.07) is 14.9. The van der Waals surface area contributed by atoms with Crippen LogP contribution in [0.15, 0.2) is 65.7 Å². The van der Waals surface area contributed by atoms with Crippen molar-refractivity contribution in [3.8, 4) is 0 Å². The minimum absolute atomic E-state index is 0.0175. The van der Waals surface area contributed by atoms with Crippen molar-refractivity contribution in [2.75, 3.05) is 10.0 Å². The fourth-order valence-corrected chi connectivity index (χ4v) is 3.86. The first-order chi connectivity index (χ1) is 12.9. The Hall–Kier alpha value is -2.93. The van der Waals surface area contributed by atoms with Crippen LogP contribution in [0, 0.1) is 12.7 Å². The number of aromatic nitrogens is 1. The number of sulfonamides is 1. The van der Waals surface area contributed by atoms with Crippen LogP contribution in [-0.2, 0) is 16.4 Å². The van der Waals surface area contributed by atoms with Crippen molar-refractivity contribution in [3.63, 3.8) is 0 Å². The summed E-state index contributed by atoms with van der Waals surface area (Å²) < 4.78 is 40.6. The van der Waals surface area contributed by atoms with Crippen LogP contribution in [0.5, 0.6) is 0 Å². The zero-order chi connectivity index (χ0) is 19.4. The summed E-state index contributed by atoms with van der Waals surface area (Å²) in [6.45, 7) is 3.64. The summed E-state index contributed by atoms with van der Waals surface area (Å²) in [6.07, 6.45) is 2.52. The van der Waals surface area contributed by atoms with Crippen molar-refractivity contribution in [2.45, 2.75) is 25.2 Å². The summed E-state index contributed by atoms with van der Waals surface area (Å²) in [5, 5.41) is 3.21. The van der Waals surface area contributed by atoms with Gasteiger partial charge in [-0.05, 0) is 66.9 Å². The molecule has 0 spiro atoms. The van der Waals surface area contributed by atoms with Crippen molar-refractivity contribution in [3.05, 3.63) is 77.7 Å². The quantitative estimate of drug-likeness (QED) is 0.649. The van der Waals surface area contributed by atoms with Crippen LogP contribution >= 0.6 is 0 Å². The average Bonchev–Trinajstić information content (AvgIpc) is 2.63. The van der Waals surface area contributed by atoms with Crippen molar-refractivity contribution < 1.29 is 12.8 Å². The van der Waals surface area contributed by atoms with E-state index in [1.54, 1.807) is 25.3 Å². The monoisotopic (exact) mass is 385 g/mol. The number of nitrogens with zero attached hydrogens (tertiary/aromatic N) is 1. The van der Waals surface area contributed by atoms with E-state index in [1.165, 1.54) is 17.7 Å². The lowest BCUT2D eigenvalue weighted by Crippen LogP contribution is -2.15. The number of benzene rings is 2. The maximum atomic E-state index is 13.2. The molecule has 140 valence electrons. The third-order valence-corrected chi connectivity index (χ3v) is 5.59. The van der Waals surface area contributed by atoms with E-state index in [0.717, 1.165) is 23.9 Å². The highest BCUT2D eigenvalue weighted by Gasteiger charge is 2.17. The first-order valence-electron chi connectivity index (χ1n) is 8.48. The maximum absolute atomic E-state index is 13.2. The van der Waals surface area contributed by atoms with Gasteiger partial charge in [-0.3, -0.25) is 4.72 Å². The predicted molar refractivity (Wildman–Crippen MR) is 105 cm³/mol. The molecule has 7 heteroatoms. The van der Waals surface area contributed by atoms with Gasteiger partial charge in [0.25, 0.3) is 10.0 Å². The Labute approximate surface area is 158 Å². The van der Waals surface area contributed by atoms with Gasteiger partial charge in [-0.1, -0.05) is 19.1 Å². The highest BCUT2D eigenvalue weighted by atomic mass is 32.2. The predicted octanol–water partition coefficient (Wildman–Crippen LogP) is 4.64. The molecule has 0 aliphatic heterocycles. The molecule has 0 aliphatic carbocycles. The summed E-state index contributed by atoms with van der Waals surface area (Å²) in [4.78, 5) is 4.16. The third-order valence-electron chi connectivity index (χ3n) is 4.08. The molecule has 1 heterocycles. The second-order valence-corrected chi connectivity index (χ2v) is 7.77. The standard InChI is InChI=1S/C20H20FN3O2S/c1-3-15-4-7-17(8-5-15)23-18-9-11-20(22-13-18)24-27(25,26)19-10-6-16(21)12-14(19)2/h4-13,23H,3H2,1-2H3,(H,22,24). The summed E-state index contributed by atoms with van der Waals surface area (Å²) in [5.74, 6) is -0.294. The second kappa shape index (κ2) is 7.75. The van der Waals surface area contributed by atoms with Gasteiger partial charge in [-0.25, -0.2) is 17.8 Å². The number of halogens is 1. The first-order valence-corrected chi connectivity index (χ1v) is 9.96. The fraction of sp³-hybridized carbons (Fsp3) is 0.150. The topological polar surface area (TPSA) is 71.1 Å². The molecule has 0 saturated carbocycles. The van der Waals surface area contributed by atoms with E-state index in [2.05, 4.69) is 21.9 Å². The van der Waals surface area contributed by atoms with Gasteiger partial charge in [0.1, 0.15) is 11.6 Å². The number of rotatable bonds is 6. The van der Waals surface area contributed by atoms with Crippen molar-refractivity contribution in [2.24, 2.45) is 0 Å². The Bertz CT molecular complexity index is 1030. The van der Waals surface area contributed by atoms with E-state index in [4.69, 9.17) is 0 Å². The smallest absolute Gasteiger partial charge is 0.263 e. The van der Waals surface area contributed by atoms with E-state index in [-0.39, 0.29) is 10.7 Å². The van der Waals surface area contributed by atoms with Gasteiger partial charge < -0.3 is 5.32 Å². The molecule has 3 aromatic rings. The minimum Gasteiger partial charge on any atom is -0.354 e. The lowest BCUT2D eigenvalue weighted by Gasteiger charge is -2.11. The van der Waals surface area contributed by atoms with Gasteiger partial charge in [-0.2, -0.15) is 0 Å². The molecule has 0 aliphatic rings. The zero-order valence-electron chi connectivity index (χ0n) is 15.0. The molecule has 0 amide bonds. The normalized spacial score (nSPS) is 11.2. The summed E-state index contributed by atoms with van der Waals surface area (Å²) in [7, 11) is -3.84. The van der Waals surface area contributed by atoms with Crippen LogP contribution in [0.1, 0.15) is 18.1 Å². The van der Waals surface area contributed by atoms with Gasteiger partial charge in [0.2, 0.25) is 0 Å². The molecule has 3 rings (SSSR count). The van der Waals surface area contributed by atoms with E-state index in [9.17, 15) is 12.8 Å². The van der Waals surface area contributed by atoms with Crippen LogP contribution in [0.2, 0.25) is 0 Å². The highest BCUT2D eigenvalue weighted by Crippen LogP contribution is 2.21. The van der Waals surface area contributed by atoms with Gasteiger partial charge in [-0.15, -0.1) is 0 Å². The summed E-state index contributed by atoms with van der Waals surface area (Å²) >= 11 is 0. The van der Waals surface area contributed by atoms with Gasteiger partial charge in [0, 0.05) is 5.69 Å². The average molecular weight is 385 g/mol. The molecule has 2 N–H and O–H groups in total. The first kappa shape index (κ1) is 18.8. The van der Waals surface area contributed by atoms with Crippen molar-refractivity contribution in [1.29, 1.82) is 0 Å². The molecular weight excluding hydrogens is 365 g/mol. The highest BCUT2D eigenvalue weighted by molar-refractivity contribution is 7.92. The van der Waals surface area contributed by atoms with Crippen LogP contribution in [-0.4, -0.2) is 13.4 Å². The molecular formula is C20H20FN3O2S. The van der Waals surface area contributed by atoms with Gasteiger partial charge in [0.15, 0.2) is 0 Å². The number of hydrogen-bond donors (Lipinski definition) is 2. The Kier molecular flexibility index (Phi) is 5.41. The fourth-order valence-electron chi connectivity index (χ4n) is 2.63. The Morgan fingerprint density at radius 2 is 1.70 bits per heavy atom. The molecule has 0 atom stereocenters. The van der Waals surface area contributed by atoms with Gasteiger partial charge >= 0.3 is 0 Å². The Balaban J connectivity index is 1.73. The lowest BCUT2D eigenvalue weighted by atomic mass is 10.1.